The monoisotopic (exact) mass is 401 g/mol. The molecule has 152 valence electrons. The summed E-state index contributed by atoms with van der Waals surface area (Å²) in [5, 5.41) is 11.6. The van der Waals surface area contributed by atoms with Crippen LogP contribution in [0.5, 0.6) is 5.75 Å². The van der Waals surface area contributed by atoms with Crippen LogP contribution in [0.4, 0.5) is 0 Å². The van der Waals surface area contributed by atoms with Crippen molar-refractivity contribution in [2.24, 2.45) is 4.99 Å². The lowest BCUT2D eigenvalue weighted by Crippen LogP contribution is -2.47. The van der Waals surface area contributed by atoms with E-state index in [1.807, 2.05) is 60.7 Å². The minimum absolute atomic E-state index is 0.0830. The topological polar surface area (TPSA) is 82.0 Å². The third kappa shape index (κ3) is 5.20. The summed E-state index contributed by atoms with van der Waals surface area (Å²) in [6, 6.07) is 25.1. The lowest BCUT2D eigenvalue weighted by Gasteiger charge is -2.31. The summed E-state index contributed by atoms with van der Waals surface area (Å²) >= 11 is 0. The molecule has 1 atom stereocenters. The van der Waals surface area contributed by atoms with Crippen LogP contribution in [0.15, 0.2) is 89.9 Å². The fourth-order valence-electron chi connectivity index (χ4n) is 3.15. The number of carbonyl (C=O) groups excluding carboxylic acids is 2. The number of nitrogens with zero attached hydrogens (tertiary/aromatic N) is 2. The molecule has 1 amide bonds. The van der Waals surface area contributed by atoms with Crippen LogP contribution in [-0.4, -0.2) is 28.1 Å². The Morgan fingerprint density at radius 1 is 0.967 bits per heavy atom. The van der Waals surface area contributed by atoms with E-state index in [1.165, 1.54) is 18.0 Å². The van der Waals surface area contributed by atoms with Crippen molar-refractivity contribution >= 4 is 12.0 Å². The molecule has 3 aromatic carbocycles. The molecule has 0 unspecified atom stereocenters. The highest BCUT2D eigenvalue weighted by Crippen LogP contribution is 2.24. The molecule has 0 saturated carbocycles. The SMILES string of the molecule is C[C@H](N=C=O)C(=O)N(Cc1ccccc1O)NC(c1ccccc1)c1ccccc1. The number of isocyanates is 1. The second-order valence-corrected chi connectivity index (χ2v) is 6.83. The standard InChI is InChI=1S/C24H23N3O3/c1-18(25-17-28)24(30)27(16-21-14-8-9-15-22(21)29)26-23(19-10-4-2-5-11-19)20-12-6-3-7-13-20/h2-15,18,23,26,29H,16H2,1H3/t18-/m0/s1. The predicted molar refractivity (Wildman–Crippen MR) is 114 cm³/mol. The number of nitrogens with one attached hydrogen (secondary N) is 1. The molecule has 0 radical (unpaired) electrons. The average Bonchev–Trinajstić information content (AvgIpc) is 2.78. The second kappa shape index (κ2) is 10.2. The molecule has 2 N–H and O–H groups in total. The van der Waals surface area contributed by atoms with Crippen LogP contribution in [0.25, 0.3) is 0 Å². The summed E-state index contributed by atoms with van der Waals surface area (Å²) in [6.07, 6.45) is 1.45. The summed E-state index contributed by atoms with van der Waals surface area (Å²) in [6.45, 7) is 1.63. The first-order valence-corrected chi connectivity index (χ1v) is 9.61. The van der Waals surface area contributed by atoms with Gasteiger partial charge in [-0.05, 0) is 24.1 Å². The molecular formula is C24H23N3O3. The van der Waals surface area contributed by atoms with Crippen LogP contribution < -0.4 is 5.43 Å². The summed E-state index contributed by atoms with van der Waals surface area (Å²) < 4.78 is 0. The zero-order valence-electron chi connectivity index (χ0n) is 16.6. The maximum atomic E-state index is 13.1. The number of rotatable bonds is 8. The van der Waals surface area contributed by atoms with Crippen molar-refractivity contribution in [3.63, 3.8) is 0 Å². The maximum Gasteiger partial charge on any atom is 0.262 e. The first-order chi connectivity index (χ1) is 14.6. The largest absolute Gasteiger partial charge is 0.508 e. The van der Waals surface area contributed by atoms with Gasteiger partial charge in [-0.25, -0.2) is 10.2 Å². The highest BCUT2D eigenvalue weighted by Gasteiger charge is 2.25. The van der Waals surface area contributed by atoms with E-state index in [4.69, 9.17) is 0 Å². The molecule has 0 aliphatic rings. The number of amides is 1. The van der Waals surface area contributed by atoms with E-state index in [1.54, 1.807) is 24.3 Å². The van der Waals surface area contributed by atoms with Gasteiger partial charge in [0, 0.05) is 5.56 Å². The molecule has 0 saturated heterocycles. The van der Waals surface area contributed by atoms with E-state index >= 15 is 0 Å². The van der Waals surface area contributed by atoms with Gasteiger partial charge in [0.2, 0.25) is 6.08 Å². The number of phenols is 1. The fourth-order valence-corrected chi connectivity index (χ4v) is 3.15. The van der Waals surface area contributed by atoms with Gasteiger partial charge >= 0.3 is 0 Å². The van der Waals surface area contributed by atoms with Gasteiger partial charge in [0.25, 0.3) is 5.91 Å². The summed E-state index contributed by atoms with van der Waals surface area (Å²) in [4.78, 5) is 27.3. The number of hydrogen-bond donors (Lipinski definition) is 2. The molecular weight excluding hydrogens is 378 g/mol. The van der Waals surface area contributed by atoms with Gasteiger partial charge in [-0.2, -0.15) is 4.99 Å². The van der Waals surface area contributed by atoms with E-state index in [9.17, 15) is 14.7 Å². The van der Waals surface area contributed by atoms with Gasteiger partial charge in [0.05, 0.1) is 12.6 Å². The molecule has 0 spiro atoms. The van der Waals surface area contributed by atoms with Crippen LogP contribution in [0.3, 0.4) is 0 Å². The second-order valence-electron chi connectivity index (χ2n) is 6.83. The Bertz CT molecular complexity index is 979. The molecule has 6 heteroatoms. The molecule has 30 heavy (non-hydrogen) atoms. The lowest BCUT2D eigenvalue weighted by atomic mass is 9.99. The molecule has 0 heterocycles. The van der Waals surface area contributed by atoms with Crippen LogP contribution >= 0.6 is 0 Å². The minimum Gasteiger partial charge on any atom is -0.508 e. The van der Waals surface area contributed by atoms with Crippen molar-refractivity contribution in [2.45, 2.75) is 25.6 Å². The van der Waals surface area contributed by atoms with Crippen molar-refractivity contribution in [1.82, 2.24) is 10.4 Å². The number of para-hydroxylation sites is 1. The molecule has 0 aliphatic carbocycles. The molecule has 6 nitrogen and oxygen atoms in total. The molecule has 0 bridgehead atoms. The van der Waals surface area contributed by atoms with E-state index in [0.29, 0.717) is 5.56 Å². The number of phenolic OH excluding ortho intramolecular Hbond substituents is 1. The zero-order valence-corrected chi connectivity index (χ0v) is 16.6. The van der Waals surface area contributed by atoms with Crippen LogP contribution in [0.2, 0.25) is 0 Å². The molecule has 3 rings (SSSR count). The highest BCUT2D eigenvalue weighted by atomic mass is 16.3. The quantitative estimate of drug-likeness (QED) is 0.342. The number of aliphatic imine (C=N–C) groups is 1. The Labute approximate surface area is 175 Å². The lowest BCUT2D eigenvalue weighted by molar-refractivity contribution is -0.136. The smallest absolute Gasteiger partial charge is 0.262 e. The molecule has 0 fully saturated rings. The first kappa shape index (κ1) is 21.0. The van der Waals surface area contributed by atoms with E-state index in [2.05, 4.69) is 10.4 Å². The summed E-state index contributed by atoms with van der Waals surface area (Å²) in [7, 11) is 0. The third-order valence-corrected chi connectivity index (χ3v) is 4.74. The molecule has 0 aliphatic heterocycles. The van der Waals surface area contributed by atoms with Crippen molar-refractivity contribution < 1.29 is 14.7 Å². The Morgan fingerprint density at radius 3 is 2.03 bits per heavy atom. The van der Waals surface area contributed by atoms with Crippen molar-refractivity contribution in [3.05, 3.63) is 102 Å². The highest BCUT2D eigenvalue weighted by molar-refractivity contribution is 5.82. The minimum atomic E-state index is -0.909. The summed E-state index contributed by atoms with van der Waals surface area (Å²) in [5.74, 6) is -0.321. The zero-order chi connectivity index (χ0) is 21.3. The fraction of sp³-hybridized carbons (Fsp3) is 0.167. The maximum absolute atomic E-state index is 13.1. The van der Waals surface area contributed by atoms with Gasteiger partial charge in [-0.1, -0.05) is 78.9 Å². The van der Waals surface area contributed by atoms with Crippen LogP contribution in [-0.2, 0) is 16.1 Å². The Hall–Kier alpha value is -3.73. The number of benzene rings is 3. The molecule has 3 aromatic rings. The number of hydrazine groups is 1. The van der Waals surface area contributed by atoms with Gasteiger partial charge in [-0.3, -0.25) is 9.80 Å². The van der Waals surface area contributed by atoms with E-state index in [-0.39, 0.29) is 18.3 Å². The van der Waals surface area contributed by atoms with E-state index in [0.717, 1.165) is 11.1 Å². The molecule has 0 aromatic heterocycles. The van der Waals surface area contributed by atoms with Gasteiger partial charge in [0.1, 0.15) is 11.8 Å². The van der Waals surface area contributed by atoms with Gasteiger partial charge in [0.15, 0.2) is 0 Å². The normalized spacial score (nSPS) is 11.5. The Balaban J connectivity index is 1.98. The average molecular weight is 401 g/mol. The van der Waals surface area contributed by atoms with Crippen LogP contribution in [0.1, 0.15) is 29.7 Å². The van der Waals surface area contributed by atoms with Crippen LogP contribution in [0, 0.1) is 0 Å². The van der Waals surface area contributed by atoms with Crippen molar-refractivity contribution in [3.8, 4) is 5.75 Å². The predicted octanol–water partition coefficient (Wildman–Crippen LogP) is 3.74. The summed E-state index contributed by atoms with van der Waals surface area (Å²) in [5.41, 5.74) is 5.78. The Morgan fingerprint density at radius 2 is 1.50 bits per heavy atom. The van der Waals surface area contributed by atoms with Gasteiger partial charge in [-0.15, -0.1) is 0 Å². The number of hydrogen-bond acceptors (Lipinski definition) is 5. The third-order valence-electron chi connectivity index (χ3n) is 4.74. The Kier molecular flexibility index (Phi) is 7.11. The number of carbonyl (C=O) groups is 1. The van der Waals surface area contributed by atoms with Gasteiger partial charge < -0.3 is 5.11 Å². The number of aromatic hydroxyl groups is 1. The van der Waals surface area contributed by atoms with Crippen molar-refractivity contribution in [2.75, 3.05) is 0 Å². The van der Waals surface area contributed by atoms with E-state index < -0.39 is 11.9 Å². The van der Waals surface area contributed by atoms with Crippen molar-refractivity contribution in [1.29, 1.82) is 0 Å². The first-order valence-electron chi connectivity index (χ1n) is 9.61.